The minimum atomic E-state index is -1.10. The number of benzene rings is 1. The van der Waals surface area contributed by atoms with Crippen molar-refractivity contribution in [3.8, 4) is 6.07 Å². The standard InChI is InChI=1S/C9H8N2O2/c10-4-6-1-2-8(9(12)13)7(3-6)5-11/h1-3H,4,10H2,(H,12,13). The smallest absolute Gasteiger partial charge is 0.337 e. The van der Waals surface area contributed by atoms with Crippen LogP contribution in [0.2, 0.25) is 0 Å². The first-order valence-electron chi connectivity index (χ1n) is 3.65. The fraction of sp³-hybridized carbons (Fsp3) is 0.111. The number of nitrogens with two attached hydrogens (primary N) is 1. The molecule has 0 saturated heterocycles. The second-order valence-electron chi connectivity index (χ2n) is 2.50. The maximum atomic E-state index is 10.6. The number of carbonyl (C=O) groups is 1. The van der Waals surface area contributed by atoms with Crippen molar-refractivity contribution in [1.29, 1.82) is 5.26 Å². The highest BCUT2D eigenvalue weighted by Crippen LogP contribution is 2.10. The van der Waals surface area contributed by atoms with Gasteiger partial charge < -0.3 is 10.8 Å². The Hall–Kier alpha value is -1.86. The third kappa shape index (κ3) is 1.83. The zero-order valence-electron chi connectivity index (χ0n) is 6.82. The largest absolute Gasteiger partial charge is 0.478 e. The molecule has 66 valence electrons. The molecule has 0 radical (unpaired) electrons. The average Bonchev–Trinajstić information content (AvgIpc) is 2.16. The van der Waals surface area contributed by atoms with Crippen LogP contribution in [0.25, 0.3) is 0 Å². The van der Waals surface area contributed by atoms with Gasteiger partial charge in [0.15, 0.2) is 0 Å². The fourth-order valence-electron chi connectivity index (χ4n) is 0.997. The van der Waals surface area contributed by atoms with Crippen molar-refractivity contribution in [1.82, 2.24) is 0 Å². The Morgan fingerprint density at radius 1 is 1.62 bits per heavy atom. The van der Waals surface area contributed by atoms with Crippen LogP contribution in [0.15, 0.2) is 18.2 Å². The first-order chi connectivity index (χ1) is 6.19. The van der Waals surface area contributed by atoms with E-state index in [0.29, 0.717) is 6.54 Å². The summed E-state index contributed by atoms with van der Waals surface area (Å²) in [5, 5.41) is 17.3. The molecule has 0 heterocycles. The van der Waals surface area contributed by atoms with Crippen molar-refractivity contribution in [2.45, 2.75) is 6.54 Å². The van der Waals surface area contributed by atoms with E-state index in [0.717, 1.165) is 5.56 Å². The van der Waals surface area contributed by atoms with Crippen molar-refractivity contribution >= 4 is 5.97 Å². The van der Waals surface area contributed by atoms with Crippen molar-refractivity contribution in [2.24, 2.45) is 5.73 Å². The molecule has 1 aromatic carbocycles. The zero-order valence-corrected chi connectivity index (χ0v) is 6.82. The van der Waals surface area contributed by atoms with Gasteiger partial charge in [-0.3, -0.25) is 0 Å². The number of carboxylic acid groups (broad SMARTS) is 1. The molecule has 0 bridgehead atoms. The summed E-state index contributed by atoms with van der Waals surface area (Å²) in [7, 11) is 0. The van der Waals surface area contributed by atoms with Crippen LogP contribution in [0.1, 0.15) is 21.5 Å². The van der Waals surface area contributed by atoms with Gasteiger partial charge in [-0.25, -0.2) is 4.79 Å². The zero-order chi connectivity index (χ0) is 9.84. The number of rotatable bonds is 2. The second kappa shape index (κ2) is 3.70. The summed E-state index contributed by atoms with van der Waals surface area (Å²) in [5.41, 5.74) is 6.26. The summed E-state index contributed by atoms with van der Waals surface area (Å²) in [5.74, 6) is -1.10. The predicted molar refractivity (Wildman–Crippen MR) is 46.0 cm³/mol. The van der Waals surface area contributed by atoms with Crippen molar-refractivity contribution in [2.75, 3.05) is 0 Å². The van der Waals surface area contributed by atoms with E-state index in [1.165, 1.54) is 12.1 Å². The number of hydrogen-bond donors (Lipinski definition) is 2. The molecule has 0 aromatic heterocycles. The molecule has 0 aliphatic carbocycles. The summed E-state index contributed by atoms with van der Waals surface area (Å²) in [6.45, 7) is 0.300. The highest BCUT2D eigenvalue weighted by Gasteiger charge is 2.09. The minimum absolute atomic E-state index is 0.0136. The van der Waals surface area contributed by atoms with Crippen LogP contribution in [0.4, 0.5) is 0 Å². The van der Waals surface area contributed by atoms with Gasteiger partial charge in [0.1, 0.15) is 6.07 Å². The van der Waals surface area contributed by atoms with Crippen LogP contribution in [0.3, 0.4) is 0 Å². The quantitative estimate of drug-likeness (QED) is 0.694. The van der Waals surface area contributed by atoms with Gasteiger partial charge in [0.2, 0.25) is 0 Å². The maximum Gasteiger partial charge on any atom is 0.337 e. The predicted octanol–water partition coefficient (Wildman–Crippen LogP) is 0.715. The van der Waals surface area contributed by atoms with Crippen molar-refractivity contribution < 1.29 is 9.90 Å². The number of nitrogens with zero attached hydrogens (tertiary/aromatic N) is 1. The number of aromatic carboxylic acids is 1. The van der Waals surface area contributed by atoms with Gasteiger partial charge in [-0.15, -0.1) is 0 Å². The molecule has 0 fully saturated rings. The monoisotopic (exact) mass is 176 g/mol. The molecule has 4 heteroatoms. The Kier molecular flexibility index (Phi) is 2.62. The summed E-state index contributed by atoms with van der Waals surface area (Å²) in [6.07, 6.45) is 0. The molecule has 3 N–H and O–H groups in total. The van der Waals surface area contributed by atoms with Crippen LogP contribution >= 0.6 is 0 Å². The van der Waals surface area contributed by atoms with Gasteiger partial charge in [0, 0.05) is 6.54 Å². The minimum Gasteiger partial charge on any atom is -0.478 e. The van der Waals surface area contributed by atoms with Gasteiger partial charge in [0.25, 0.3) is 0 Å². The topological polar surface area (TPSA) is 87.1 Å². The normalized spacial score (nSPS) is 9.23. The molecule has 0 spiro atoms. The van der Waals surface area contributed by atoms with E-state index >= 15 is 0 Å². The number of nitriles is 1. The van der Waals surface area contributed by atoms with E-state index in [2.05, 4.69) is 0 Å². The Bertz CT molecular complexity index is 380. The average molecular weight is 176 g/mol. The molecular formula is C9H8N2O2. The summed E-state index contributed by atoms with van der Waals surface area (Å²) in [6, 6.07) is 6.30. The molecule has 0 aliphatic rings. The van der Waals surface area contributed by atoms with E-state index in [-0.39, 0.29) is 11.1 Å². The van der Waals surface area contributed by atoms with Crippen LogP contribution in [0.5, 0.6) is 0 Å². The fourth-order valence-corrected chi connectivity index (χ4v) is 0.997. The van der Waals surface area contributed by atoms with Gasteiger partial charge >= 0.3 is 5.97 Å². The lowest BCUT2D eigenvalue weighted by Gasteiger charge is -2.00. The van der Waals surface area contributed by atoms with Crippen molar-refractivity contribution in [3.05, 3.63) is 34.9 Å². The third-order valence-corrected chi connectivity index (χ3v) is 1.67. The molecule has 0 unspecified atom stereocenters. The van der Waals surface area contributed by atoms with Crippen LogP contribution in [0, 0.1) is 11.3 Å². The summed E-state index contributed by atoms with van der Waals surface area (Å²) < 4.78 is 0. The second-order valence-corrected chi connectivity index (χ2v) is 2.50. The SMILES string of the molecule is N#Cc1cc(CN)ccc1C(=O)O. The van der Waals surface area contributed by atoms with E-state index < -0.39 is 5.97 Å². The van der Waals surface area contributed by atoms with Gasteiger partial charge in [0.05, 0.1) is 11.1 Å². The van der Waals surface area contributed by atoms with E-state index in [9.17, 15) is 4.79 Å². The maximum absolute atomic E-state index is 10.6. The van der Waals surface area contributed by atoms with Crippen molar-refractivity contribution in [3.63, 3.8) is 0 Å². The lowest BCUT2D eigenvalue weighted by molar-refractivity contribution is 0.0696. The molecule has 0 atom stereocenters. The highest BCUT2D eigenvalue weighted by molar-refractivity contribution is 5.90. The Labute approximate surface area is 75.2 Å². The Morgan fingerprint density at radius 2 is 2.31 bits per heavy atom. The Balaban J connectivity index is 3.26. The first kappa shape index (κ1) is 9.23. The molecule has 0 saturated carbocycles. The molecule has 1 rings (SSSR count). The van der Waals surface area contributed by atoms with Gasteiger partial charge in [-0.1, -0.05) is 6.07 Å². The first-order valence-corrected chi connectivity index (χ1v) is 3.65. The van der Waals surface area contributed by atoms with Crippen LogP contribution in [-0.4, -0.2) is 11.1 Å². The highest BCUT2D eigenvalue weighted by atomic mass is 16.4. The van der Waals surface area contributed by atoms with Gasteiger partial charge in [-0.2, -0.15) is 5.26 Å². The van der Waals surface area contributed by atoms with Crippen LogP contribution < -0.4 is 5.73 Å². The van der Waals surface area contributed by atoms with Crippen LogP contribution in [-0.2, 0) is 6.54 Å². The molecule has 0 amide bonds. The molecule has 4 nitrogen and oxygen atoms in total. The van der Waals surface area contributed by atoms with E-state index in [1.807, 2.05) is 6.07 Å². The summed E-state index contributed by atoms with van der Waals surface area (Å²) in [4.78, 5) is 10.6. The lowest BCUT2D eigenvalue weighted by Crippen LogP contribution is -2.03. The number of hydrogen-bond acceptors (Lipinski definition) is 3. The molecule has 0 aliphatic heterocycles. The Morgan fingerprint density at radius 3 is 2.77 bits per heavy atom. The lowest BCUT2D eigenvalue weighted by atomic mass is 10.1. The summed E-state index contributed by atoms with van der Waals surface area (Å²) >= 11 is 0. The van der Waals surface area contributed by atoms with E-state index in [1.54, 1.807) is 6.07 Å². The third-order valence-electron chi connectivity index (χ3n) is 1.67. The number of carboxylic acids is 1. The molecule has 13 heavy (non-hydrogen) atoms. The van der Waals surface area contributed by atoms with E-state index in [4.69, 9.17) is 16.1 Å². The molecular weight excluding hydrogens is 168 g/mol. The van der Waals surface area contributed by atoms with Gasteiger partial charge in [-0.05, 0) is 17.7 Å². The molecule has 1 aromatic rings.